The molecule has 26 heavy (non-hydrogen) atoms. The first kappa shape index (κ1) is 19.7. The molecular weight excluding hydrogens is 332 g/mol. The first-order chi connectivity index (χ1) is 12.7. The second kappa shape index (κ2) is 11.1. The Kier molecular flexibility index (Phi) is 8.41. The monoisotopic (exact) mass is 360 g/mol. The van der Waals surface area contributed by atoms with Gasteiger partial charge in [0.15, 0.2) is 11.8 Å². The Morgan fingerprint density at radius 1 is 1.23 bits per heavy atom. The van der Waals surface area contributed by atoms with E-state index in [2.05, 4.69) is 30.8 Å². The van der Waals surface area contributed by atoms with E-state index in [4.69, 9.17) is 9.47 Å². The summed E-state index contributed by atoms with van der Waals surface area (Å²) >= 11 is 0. The van der Waals surface area contributed by atoms with E-state index in [-0.39, 0.29) is 0 Å². The first-order valence-electron chi connectivity index (χ1n) is 8.82. The van der Waals surface area contributed by atoms with E-state index >= 15 is 0 Å². The van der Waals surface area contributed by atoms with Gasteiger partial charge in [-0.2, -0.15) is 5.10 Å². The molecule has 1 aromatic carbocycles. The third-order valence-corrected chi connectivity index (χ3v) is 3.60. The van der Waals surface area contributed by atoms with Crippen molar-refractivity contribution in [1.29, 1.82) is 0 Å². The van der Waals surface area contributed by atoms with Gasteiger partial charge in [-0.1, -0.05) is 12.1 Å². The molecule has 142 valence electrons. The number of methoxy groups -OCH3 is 1. The van der Waals surface area contributed by atoms with E-state index in [0.717, 1.165) is 49.3 Å². The maximum absolute atomic E-state index is 5.36. The maximum Gasteiger partial charge on any atom is 0.191 e. The van der Waals surface area contributed by atoms with Gasteiger partial charge in [0, 0.05) is 19.8 Å². The molecule has 0 radical (unpaired) electrons. The van der Waals surface area contributed by atoms with Crippen molar-refractivity contribution in [1.82, 2.24) is 25.8 Å². The van der Waals surface area contributed by atoms with E-state index in [1.807, 2.05) is 38.1 Å². The number of benzene rings is 1. The van der Waals surface area contributed by atoms with Crippen molar-refractivity contribution in [3.8, 4) is 5.75 Å². The number of ether oxygens (including phenoxy) is 2. The van der Waals surface area contributed by atoms with Gasteiger partial charge >= 0.3 is 0 Å². The average Bonchev–Trinajstić information content (AvgIpc) is 3.08. The van der Waals surface area contributed by atoms with Gasteiger partial charge in [0.2, 0.25) is 0 Å². The number of aromatic amines is 1. The van der Waals surface area contributed by atoms with Gasteiger partial charge < -0.3 is 20.1 Å². The van der Waals surface area contributed by atoms with Gasteiger partial charge in [-0.3, -0.25) is 5.10 Å². The minimum atomic E-state index is 0.504. The zero-order valence-corrected chi connectivity index (χ0v) is 15.7. The fraction of sp³-hybridized carbons (Fsp3) is 0.500. The van der Waals surface area contributed by atoms with Crippen molar-refractivity contribution in [2.75, 3.05) is 26.9 Å². The smallest absolute Gasteiger partial charge is 0.191 e. The molecule has 0 aliphatic carbocycles. The molecule has 2 rings (SSSR count). The third kappa shape index (κ3) is 7.10. The van der Waals surface area contributed by atoms with Crippen LogP contribution in [0, 0.1) is 6.92 Å². The molecule has 0 amide bonds. The average molecular weight is 360 g/mol. The second-order valence-corrected chi connectivity index (χ2v) is 5.68. The number of hydrogen-bond donors (Lipinski definition) is 3. The summed E-state index contributed by atoms with van der Waals surface area (Å²) in [5.41, 5.74) is 1.11. The fourth-order valence-electron chi connectivity index (χ4n) is 2.23. The quantitative estimate of drug-likeness (QED) is 0.340. The summed E-state index contributed by atoms with van der Waals surface area (Å²) in [5, 5.41) is 13.5. The summed E-state index contributed by atoms with van der Waals surface area (Å²) in [7, 11) is 1.66. The molecule has 0 unspecified atom stereocenters. The lowest BCUT2D eigenvalue weighted by molar-refractivity contribution is 0.145. The van der Waals surface area contributed by atoms with Crippen LogP contribution in [0.2, 0.25) is 0 Å². The van der Waals surface area contributed by atoms with Gasteiger partial charge in [-0.05, 0) is 38.0 Å². The topological polar surface area (TPSA) is 96.5 Å². The fourth-order valence-corrected chi connectivity index (χ4v) is 2.23. The summed E-state index contributed by atoms with van der Waals surface area (Å²) in [4.78, 5) is 8.93. The lowest BCUT2D eigenvalue weighted by Gasteiger charge is -2.12. The summed E-state index contributed by atoms with van der Waals surface area (Å²) in [6, 6.07) is 7.88. The lowest BCUT2D eigenvalue weighted by Crippen LogP contribution is -2.38. The lowest BCUT2D eigenvalue weighted by atomic mass is 10.2. The van der Waals surface area contributed by atoms with Crippen LogP contribution in [-0.4, -0.2) is 48.0 Å². The van der Waals surface area contributed by atoms with Crippen LogP contribution in [-0.2, 0) is 17.8 Å². The predicted molar refractivity (Wildman–Crippen MR) is 101 cm³/mol. The van der Waals surface area contributed by atoms with E-state index in [1.54, 1.807) is 7.11 Å². The Hall–Kier alpha value is -2.61. The number of H-pyrrole nitrogens is 1. The SMILES string of the molecule is CCOCCCNC(=NCc1ccc(OC)cc1)NCc1n[nH]c(C)n1. The highest BCUT2D eigenvalue weighted by Crippen LogP contribution is 2.11. The Bertz CT molecular complexity index is 669. The highest BCUT2D eigenvalue weighted by molar-refractivity contribution is 5.79. The minimum Gasteiger partial charge on any atom is -0.497 e. The standard InChI is InChI=1S/C18H28N6O2/c1-4-26-11-5-10-19-18(21-13-17-22-14(2)23-24-17)20-12-15-6-8-16(25-3)9-7-15/h6-9H,4-5,10-13H2,1-3H3,(H2,19,20,21)(H,22,23,24). The molecule has 0 saturated carbocycles. The number of rotatable bonds is 10. The molecule has 3 N–H and O–H groups in total. The van der Waals surface area contributed by atoms with Crippen molar-refractivity contribution < 1.29 is 9.47 Å². The zero-order valence-electron chi connectivity index (χ0n) is 15.7. The van der Waals surface area contributed by atoms with Crippen LogP contribution in [0.1, 0.15) is 30.6 Å². The molecule has 1 heterocycles. The molecule has 0 aliphatic rings. The van der Waals surface area contributed by atoms with Gasteiger partial charge in [-0.15, -0.1) is 0 Å². The summed E-state index contributed by atoms with van der Waals surface area (Å²) < 4.78 is 10.5. The Morgan fingerprint density at radius 3 is 2.69 bits per heavy atom. The molecule has 0 bridgehead atoms. The molecule has 8 nitrogen and oxygen atoms in total. The van der Waals surface area contributed by atoms with Crippen molar-refractivity contribution in [3.63, 3.8) is 0 Å². The van der Waals surface area contributed by atoms with Crippen LogP contribution in [0.25, 0.3) is 0 Å². The third-order valence-electron chi connectivity index (χ3n) is 3.60. The minimum absolute atomic E-state index is 0.504. The predicted octanol–water partition coefficient (Wildman–Crippen LogP) is 1.78. The normalized spacial score (nSPS) is 11.4. The number of nitrogens with one attached hydrogen (secondary N) is 3. The Balaban J connectivity index is 1.90. The van der Waals surface area contributed by atoms with Crippen LogP contribution < -0.4 is 15.4 Å². The number of hydrogen-bond acceptors (Lipinski definition) is 5. The molecule has 0 aliphatic heterocycles. The summed E-state index contributed by atoms with van der Waals surface area (Å²) in [5.74, 6) is 3.06. The van der Waals surface area contributed by atoms with Crippen molar-refractivity contribution in [2.45, 2.75) is 33.4 Å². The number of aromatic nitrogens is 3. The van der Waals surface area contributed by atoms with Crippen molar-refractivity contribution >= 4 is 5.96 Å². The number of aliphatic imine (C=N–C) groups is 1. The summed E-state index contributed by atoms with van der Waals surface area (Å²) in [6.45, 7) is 7.19. The van der Waals surface area contributed by atoms with Gasteiger partial charge in [0.25, 0.3) is 0 Å². The van der Waals surface area contributed by atoms with Crippen LogP contribution in [0.15, 0.2) is 29.3 Å². The highest BCUT2D eigenvalue weighted by atomic mass is 16.5. The zero-order chi connectivity index (χ0) is 18.6. The molecule has 0 spiro atoms. The van der Waals surface area contributed by atoms with E-state index in [9.17, 15) is 0 Å². The number of guanidine groups is 1. The second-order valence-electron chi connectivity index (χ2n) is 5.68. The number of aryl methyl sites for hydroxylation is 1. The van der Waals surface area contributed by atoms with Crippen molar-refractivity contribution in [3.05, 3.63) is 41.5 Å². The maximum atomic E-state index is 5.36. The highest BCUT2D eigenvalue weighted by Gasteiger charge is 2.03. The van der Waals surface area contributed by atoms with Crippen LogP contribution >= 0.6 is 0 Å². The Labute approximate surface area is 154 Å². The van der Waals surface area contributed by atoms with E-state index in [0.29, 0.717) is 18.9 Å². The molecule has 0 saturated heterocycles. The summed E-state index contributed by atoms with van der Waals surface area (Å²) in [6.07, 6.45) is 0.914. The molecule has 1 aromatic heterocycles. The molecule has 8 heteroatoms. The first-order valence-corrected chi connectivity index (χ1v) is 8.82. The van der Waals surface area contributed by atoms with Gasteiger partial charge in [0.05, 0.1) is 20.2 Å². The van der Waals surface area contributed by atoms with E-state index in [1.165, 1.54) is 0 Å². The molecular formula is C18H28N6O2. The van der Waals surface area contributed by atoms with Gasteiger partial charge in [-0.25, -0.2) is 9.98 Å². The number of nitrogens with zero attached hydrogens (tertiary/aromatic N) is 3. The van der Waals surface area contributed by atoms with Crippen LogP contribution in [0.3, 0.4) is 0 Å². The largest absolute Gasteiger partial charge is 0.497 e. The van der Waals surface area contributed by atoms with Crippen LogP contribution in [0.5, 0.6) is 5.75 Å². The van der Waals surface area contributed by atoms with Gasteiger partial charge in [0.1, 0.15) is 11.6 Å². The van der Waals surface area contributed by atoms with Crippen LogP contribution in [0.4, 0.5) is 0 Å². The van der Waals surface area contributed by atoms with Crippen molar-refractivity contribution in [2.24, 2.45) is 4.99 Å². The molecule has 2 aromatic rings. The molecule has 0 atom stereocenters. The van der Waals surface area contributed by atoms with E-state index < -0.39 is 0 Å². The Morgan fingerprint density at radius 2 is 2.04 bits per heavy atom. The molecule has 0 fully saturated rings.